The van der Waals surface area contributed by atoms with Gasteiger partial charge >= 0.3 is 0 Å². The molecule has 1 aromatic carbocycles. The molecule has 2 aromatic rings. The number of ether oxygens (including phenoxy) is 1. The number of nitrogens with two attached hydrogens (primary N) is 1. The van der Waals surface area contributed by atoms with Crippen molar-refractivity contribution in [2.45, 2.75) is 32.2 Å². The third-order valence-electron chi connectivity index (χ3n) is 3.29. The maximum atomic E-state index is 12.1. The maximum absolute atomic E-state index is 12.1. The van der Waals surface area contributed by atoms with E-state index in [4.69, 9.17) is 10.5 Å². The number of carbonyl (C=O) groups excluding carboxylic acids is 1. The van der Waals surface area contributed by atoms with Gasteiger partial charge in [0.05, 0.1) is 5.54 Å². The quantitative estimate of drug-likeness (QED) is 0.842. The fraction of sp³-hybridized carbons (Fsp3) is 0.294. The van der Waals surface area contributed by atoms with Crippen molar-refractivity contribution in [3.63, 3.8) is 0 Å². The van der Waals surface area contributed by atoms with Crippen molar-refractivity contribution in [3.05, 3.63) is 48.8 Å². The van der Waals surface area contributed by atoms with Crippen LogP contribution in [-0.4, -0.2) is 16.4 Å². The number of nitrogens with one attached hydrogen (secondary N) is 1. The van der Waals surface area contributed by atoms with E-state index in [1.54, 1.807) is 55.7 Å². The molecule has 0 aliphatic heterocycles. The van der Waals surface area contributed by atoms with Crippen LogP contribution in [0.5, 0.6) is 11.5 Å². The summed E-state index contributed by atoms with van der Waals surface area (Å²) in [6.45, 7) is 3.75. The zero-order chi connectivity index (χ0) is 16.0. The van der Waals surface area contributed by atoms with E-state index >= 15 is 0 Å². The molecule has 0 aliphatic carbocycles. The second-order valence-corrected chi connectivity index (χ2v) is 5.43. The molecule has 0 bridgehead atoms. The predicted molar refractivity (Wildman–Crippen MR) is 94.1 cm³/mol. The van der Waals surface area contributed by atoms with Crippen molar-refractivity contribution in [1.29, 1.82) is 0 Å². The Labute approximate surface area is 142 Å². The first-order valence-corrected chi connectivity index (χ1v) is 7.29. The van der Waals surface area contributed by atoms with Crippen molar-refractivity contribution >= 4 is 24.0 Å². The predicted octanol–water partition coefficient (Wildman–Crippen LogP) is 3.75. The molecule has 1 amide bonds. The van der Waals surface area contributed by atoms with Gasteiger partial charge in [-0.1, -0.05) is 13.3 Å². The van der Waals surface area contributed by atoms with Gasteiger partial charge in [-0.15, -0.1) is 12.4 Å². The van der Waals surface area contributed by atoms with Crippen molar-refractivity contribution in [3.8, 4) is 11.5 Å². The molecule has 0 radical (unpaired) electrons. The maximum Gasteiger partial charge on any atom is 0.244 e. The highest BCUT2D eigenvalue weighted by Gasteiger charge is 2.27. The van der Waals surface area contributed by atoms with Crippen LogP contribution in [0.1, 0.15) is 26.7 Å². The minimum Gasteiger partial charge on any atom is -0.457 e. The van der Waals surface area contributed by atoms with Gasteiger partial charge in [-0.3, -0.25) is 9.78 Å². The number of carbonyl (C=O) groups is 1. The number of pyridine rings is 1. The molecule has 5 nitrogen and oxygen atoms in total. The molecular weight excluding hydrogens is 314 g/mol. The molecule has 2 rings (SSSR count). The van der Waals surface area contributed by atoms with Gasteiger partial charge in [0.2, 0.25) is 5.91 Å². The number of benzene rings is 1. The summed E-state index contributed by atoms with van der Waals surface area (Å²) in [5, 5.41) is 2.83. The summed E-state index contributed by atoms with van der Waals surface area (Å²) < 4.78 is 5.67. The lowest BCUT2D eigenvalue weighted by molar-refractivity contribution is -0.120. The number of hydrogen-bond donors (Lipinski definition) is 2. The van der Waals surface area contributed by atoms with Crippen LogP contribution >= 0.6 is 12.4 Å². The molecular formula is C17H22ClN3O2. The van der Waals surface area contributed by atoms with Crippen LogP contribution in [0, 0.1) is 0 Å². The lowest BCUT2D eigenvalue weighted by atomic mass is 9.96. The number of aromatic nitrogens is 1. The molecule has 1 atom stereocenters. The molecule has 1 heterocycles. The van der Waals surface area contributed by atoms with Crippen LogP contribution < -0.4 is 15.8 Å². The van der Waals surface area contributed by atoms with E-state index in [0.29, 0.717) is 23.6 Å². The van der Waals surface area contributed by atoms with Gasteiger partial charge in [-0.2, -0.15) is 0 Å². The Hall–Kier alpha value is -2.11. The first-order valence-electron chi connectivity index (χ1n) is 7.29. The summed E-state index contributed by atoms with van der Waals surface area (Å²) in [5.41, 5.74) is 5.84. The Bertz CT molecular complexity index is 615. The number of hydrogen-bond acceptors (Lipinski definition) is 4. The molecule has 0 saturated carbocycles. The summed E-state index contributed by atoms with van der Waals surface area (Å²) in [6, 6.07) is 10.7. The fourth-order valence-electron chi connectivity index (χ4n) is 2.06. The largest absolute Gasteiger partial charge is 0.457 e. The Morgan fingerprint density at radius 1 is 1.17 bits per heavy atom. The summed E-state index contributed by atoms with van der Waals surface area (Å²) >= 11 is 0. The molecule has 3 N–H and O–H groups in total. The number of halogens is 1. The summed E-state index contributed by atoms with van der Waals surface area (Å²) in [6.07, 6.45) is 4.83. The van der Waals surface area contributed by atoms with E-state index < -0.39 is 5.54 Å². The highest BCUT2D eigenvalue weighted by atomic mass is 35.5. The van der Waals surface area contributed by atoms with Gasteiger partial charge in [0.15, 0.2) is 0 Å². The lowest BCUT2D eigenvalue weighted by Gasteiger charge is -2.22. The zero-order valence-corrected chi connectivity index (χ0v) is 14.1. The fourth-order valence-corrected chi connectivity index (χ4v) is 2.06. The lowest BCUT2D eigenvalue weighted by Crippen LogP contribution is -2.48. The van der Waals surface area contributed by atoms with Crippen molar-refractivity contribution < 1.29 is 9.53 Å². The van der Waals surface area contributed by atoms with Crippen LogP contribution in [-0.2, 0) is 4.79 Å². The third-order valence-corrected chi connectivity index (χ3v) is 3.29. The highest BCUT2D eigenvalue weighted by Crippen LogP contribution is 2.22. The van der Waals surface area contributed by atoms with Crippen LogP contribution in [0.25, 0.3) is 0 Å². The number of amides is 1. The Morgan fingerprint density at radius 2 is 1.74 bits per heavy atom. The molecule has 6 heteroatoms. The van der Waals surface area contributed by atoms with E-state index in [0.717, 1.165) is 6.42 Å². The Morgan fingerprint density at radius 3 is 2.30 bits per heavy atom. The van der Waals surface area contributed by atoms with E-state index in [-0.39, 0.29) is 18.3 Å². The minimum absolute atomic E-state index is 0. The molecule has 124 valence electrons. The van der Waals surface area contributed by atoms with Gasteiger partial charge in [0.25, 0.3) is 0 Å². The van der Waals surface area contributed by atoms with Crippen LogP contribution in [0.2, 0.25) is 0 Å². The normalized spacial score (nSPS) is 12.7. The molecule has 1 unspecified atom stereocenters. The average Bonchev–Trinajstić information content (AvgIpc) is 2.50. The van der Waals surface area contributed by atoms with Gasteiger partial charge < -0.3 is 15.8 Å². The number of nitrogens with zero attached hydrogens (tertiary/aromatic N) is 1. The van der Waals surface area contributed by atoms with Gasteiger partial charge in [0.1, 0.15) is 11.5 Å². The first kappa shape index (κ1) is 18.9. The van der Waals surface area contributed by atoms with Crippen molar-refractivity contribution in [2.75, 3.05) is 5.32 Å². The summed E-state index contributed by atoms with van der Waals surface area (Å²) in [5.74, 6) is 1.22. The van der Waals surface area contributed by atoms with Crippen LogP contribution in [0.4, 0.5) is 5.69 Å². The van der Waals surface area contributed by atoms with E-state index in [1.807, 2.05) is 6.92 Å². The SMILES string of the molecule is CCCC(C)(N)C(=O)Nc1ccc(Oc2ccncc2)cc1.Cl. The molecule has 1 aromatic heterocycles. The van der Waals surface area contributed by atoms with Crippen LogP contribution in [0.3, 0.4) is 0 Å². The standard InChI is InChI=1S/C17H21N3O2.ClH/c1-3-10-17(2,18)16(21)20-13-4-6-14(7-5-13)22-15-8-11-19-12-9-15;/h4-9,11-12H,3,10,18H2,1-2H3,(H,20,21);1H. The van der Waals surface area contributed by atoms with E-state index in [9.17, 15) is 4.79 Å². The minimum atomic E-state index is -0.860. The Balaban J connectivity index is 0.00000264. The second kappa shape index (κ2) is 8.50. The second-order valence-electron chi connectivity index (χ2n) is 5.43. The smallest absolute Gasteiger partial charge is 0.244 e. The number of anilines is 1. The molecule has 23 heavy (non-hydrogen) atoms. The van der Waals surface area contributed by atoms with Gasteiger partial charge in [0, 0.05) is 18.1 Å². The zero-order valence-electron chi connectivity index (χ0n) is 13.3. The molecule has 0 aliphatic rings. The molecule has 0 spiro atoms. The monoisotopic (exact) mass is 335 g/mol. The van der Waals surface area contributed by atoms with Gasteiger partial charge in [-0.25, -0.2) is 0 Å². The van der Waals surface area contributed by atoms with Crippen molar-refractivity contribution in [2.24, 2.45) is 5.73 Å². The third kappa shape index (κ3) is 5.54. The van der Waals surface area contributed by atoms with Crippen LogP contribution in [0.15, 0.2) is 48.8 Å². The number of rotatable bonds is 6. The van der Waals surface area contributed by atoms with E-state index in [1.165, 1.54) is 0 Å². The summed E-state index contributed by atoms with van der Waals surface area (Å²) in [7, 11) is 0. The molecule has 0 saturated heterocycles. The van der Waals surface area contributed by atoms with Crippen molar-refractivity contribution in [1.82, 2.24) is 4.98 Å². The average molecular weight is 336 g/mol. The first-order chi connectivity index (χ1) is 10.5. The summed E-state index contributed by atoms with van der Waals surface area (Å²) in [4.78, 5) is 16.1. The van der Waals surface area contributed by atoms with Gasteiger partial charge in [-0.05, 0) is 49.7 Å². The topological polar surface area (TPSA) is 77.2 Å². The Kier molecular flexibility index (Phi) is 7.00. The molecule has 0 fully saturated rings. The van der Waals surface area contributed by atoms with E-state index in [2.05, 4.69) is 10.3 Å². The highest BCUT2D eigenvalue weighted by molar-refractivity contribution is 5.97.